The standard InChI is InChI=1S/C26H39NO6/c1-15(2)21-8-18-9-24(13-28)20-7-6-16(3)19(20)10-25(18,26(21,24)23(29)30)14-32-22-12-27(31-5)11-17(4)33-22/h8,13,15-20,22H,6-7,9-12,14H2,1-5H3,(H,29,30)/t16-,17-,18-,19-,20-,22-,24+,25?,26+/m1/s1. The number of ether oxygens (including phenoxy) is 2. The van der Waals surface area contributed by atoms with Crippen LogP contribution in [0.2, 0.25) is 0 Å². The molecule has 0 aromatic carbocycles. The molecule has 4 fully saturated rings. The lowest BCUT2D eigenvalue weighted by Gasteiger charge is -2.58. The third-order valence-corrected chi connectivity index (χ3v) is 10.1. The fraction of sp³-hybridized carbons (Fsp3) is 0.846. The van der Waals surface area contributed by atoms with Crippen molar-refractivity contribution in [2.24, 2.45) is 45.8 Å². The summed E-state index contributed by atoms with van der Waals surface area (Å²) >= 11 is 0. The van der Waals surface area contributed by atoms with Crippen LogP contribution in [0.1, 0.15) is 53.4 Å². The van der Waals surface area contributed by atoms with Crippen molar-refractivity contribution in [1.29, 1.82) is 0 Å². The van der Waals surface area contributed by atoms with Crippen LogP contribution >= 0.6 is 0 Å². The Morgan fingerprint density at radius 1 is 1.30 bits per heavy atom. The van der Waals surface area contributed by atoms with Gasteiger partial charge in [-0.05, 0) is 55.8 Å². The minimum atomic E-state index is -1.20. The second-order valence-electron chi connectivity index (χ2n) is 11.7. The quantitative estimate of drug-likeness (QED) is 0.458. The summed E-state index contributed by atoms with van der Waals surface area (Å²) in [5, 5.41) is 12.8. The van der Waals surface area contributed by atoms with Gasteiger partial charge >= 0.3 is 5.97 Å². The molecule has 1 aliphatic heterocycles. The van der Waals surface area contributed by atoms with Crippen LogP contribution in [0, 0.1) is 45.8 Å². The summed E-state index contributed by atoms with van der Waals surface area (Å²) in [5.41, 5.74) is -1.74. The Kier molecular flexibility index (Phi) is 5.59. The Labute approximate surface area is 196 Å². The number of hydrogen-bond donors (Lipinski definition) is 1. The Bertz CT molecular complexity index is 858. The molecule has 33 heavy (non-hydrogen) atoms. The number of carbonyl (C=O) groups is 2. The molecule has 1 saturated heterocycles. The van der Waals surface area contributed by atoms with Gasteiger partial charge in [-0.25, -0.2) is 0 Å². The minimum absolute atomic E-state index is 0.0357. The number of hydroxylamine groups is 2. The third-order valence-electron chi connectivity index (χ3n) is 10.1. The Morgan fingerprint density at radius 3 is 2.70 bits per heavy atom. The highest BCUT2D eigenvalue weighted by Crippen LogP contribution is 2.82. The fourth-order valence-electron chi connectivity index (χ4n) is 8.99. The number of carbonyl (C=O) groups excluding carboxylic acids is 1. The van der Waals surface area contributed by atoms with E-state index in [9.17, 15) is 14.7 Å². The van der Waals surface area contributed by atoms with E-state index in [1.807, 2.05) is 12.0 Å². The molecule has 0 aromatic rings. The molecule has 9 atom stereocenters. The van der Waals surface area contributed by atoms with Gasteiger partial charge in [0.2, 0.25) is 0 Å². The van der Waals surface area contributed by atoms with Gasteiger partial charge in [0.05, 0.1) is 38.3 Å². The average molecular weight is 462 g/mol. The first-order chi connectivity index (χ1) is 15.7. The van der Waals surface area contributed by atoms with Gasteiger partial charge in [0.25, 0.3) is 0 Å². The van der Waals surface area contributed by atoms with Gasteiger partial charge in [0.1, 0.15) is 11.7 Å². The molecule has 3 saturated carbocycles. The molecular formula is C26H39NO6. The molecule has 0 spiro atoms. The number of morpholine rings is 1. The molecule has 5 rings (SSSR count). The van der Waals surface area contributed by atoms with Crippen molar-refractivity contribution < 1.29 is 29.0 Å². The number of aliphatic carboxylic acids is 1. The molecule has 7 nitrogen and oxygen atoms in total. The highest BCUT2D eigenvalue weighted by molar-refractivity contribution is 5.90. The van der Waals surface area contributed by atoms with Crippen LogP contribution in [-0.4, -0.2) is 61.6 Å². The van der Waals surface area contributed by atoms with Crippen molar-refractivity contribution in [3.05, 3.63) is 11.6 Å². The molecule has 0 amide bonds. The predicted octanol–water partition coefficient (Wildman–Crippen LogP) is 3.54. The van der Waals surface area contributed by atoms with Gasteiger partial charge in [0, 0.05) is 5.41 Å². The van der Waals surface area contributed by atoms with E-state index in [-0.39, 0.29) is 30.5 Å². The zero-order chi connectivity index (χ0) is 23.8. The lowest BCUT2D eigenvalue weighted by atomic mass is 9.43. The van der Waals surface area contributed by atoms with Crippen molar-refractivity contribution in [3.63, 3.8) is 0 Å². The van der Waals surface area contributed by atoms with E-state index in [4.69, 9.17) is 14.3 Å². The summed E-state index contributed by atoms with van der Waals surface area (Å²) in [6.45, 7) is 9.83. The molecule has 4 bridgehead atoms. The predicted molar refractivity (Wildman–Crippen MR) is 121 cm³/mol. The van der Waals surface area contributed by atoms with Crippen LogP contribution in [0.3, 0.4) is 0 Å². The molecular weight excluding hydrogens is 422 g/mol. The van der Waals surface area contributed by atoms with Gasteiger partial charge in [-0.15, -0.1) is 0 Å². The van der Waals surface area contributed by atoms with Crippen molar-refractivity contribution in [3.8, 4) is 0 Å². The number of carboxylic acid groups (broad SMARTS) is 1. The molecule has 4 aliphatic carbocycles. The Hall–Kier alpha value is -1.28. The SMILES string of the molecule is CON1C[C@H](OCC23C[C@@H]4[C@H](C)CC[C@H]4[C@@]4(C=O)C[C@H]2C=C(C(C)C)[C@@]34C(=O)O)O[C@H](C)C1. The van der Waals surface area contributed by atoms with Crippen LogP contribution in [0.4, 0.5) is 0 Å². The lowest BCUT2D eigenvalue weighted by molar-refractivity contribution is -0.284. The summed E-state index contributed by atoms with van der Waals surface area (Å²) in [7, 11) is 1.64. The molecule has 7 heteroatoms. The summed E-state index contributed by atoms with van der Waals surface area (Å²) in [6.07, 6.45) is 6.18. The van der Waals surface area contributed by atoms with Crippen molar-refractivity contribution in [2.45, 2.75) is 65.8 Å². The van der Waals surface area contributed by atoms with Gasteiger partial charge in [-0.1, -0.05) is 38.8 Å². The first-order valence-corrected chi connectivity index (χ1v) is 12.6. The maximum absolute atomic E-state index is 13.4. The summed E-state index contributed by atoms with van der Waals surface area (Å²) in [4.78, 5) is 31.9. The number of hydrogen-bond acceptors (Lipinski definition) is 6. The number of allylic oxidation sites excluding steroid dienone is 1. The fourth-order valence-corrected chi connectivity index (χ4v) is 8.99. The highest BCUT2D eigenvalue weighted by Gasteiger charge is 2.84. The first kappa shape index (κ1) is 23.5. The van der Waals surface area contributed by atoms with Crippen molar-refractivity contribution in [1.82, 2.24) is 5.06 Å². The van der Waals surface area contributed by atoms with E-state index in [1.165, 1.54) is 0 Å². The Balaban J connectivity index is 1.58. The molecule has 1 unspecified atom stereocenters. The normalized spacial score (nSPS) is 48.7. The smallest absolute Gasteiger partial charge is 0.315 e. The van der Waals surface area contributed by atoms with Crippen LogP contribution in [0.5, 0.6) is 0 Å². The van der Waals surface area contributed by atoms with Gasteiger partial charge in [-0.3, -0.25) is 4.79 Å². The second kappa shape index (κ2) is 7.87. The first-order valence-electron chi connectivity index (χ1n) is 12.6. The van der Waals surface area contributed by atoms with E-state index in [1.54, 1.807) is 7.11 Å². The average Bonchev–Trinajstić information content (AvgIpc) is 3.34. The number of carboxylic acids is 1. The summed E-state index contributed by atoms with van der Waals surface area (Å²) in [5.74, 6) is 0.251. The van der Waals surface area contributed by atoms with Gasteiger partial charge in [0.15, 0.2) is 6.29 Å². The zero-order valence-corrected chi connectivity index (χ0v) is 20.6. The molecule has 0 radical (unpaired) electrons. The zero-order valence-electron chi connectivity index (χ0n) is 20.6. The van der Waals surface area contributed by atoms with E-state index in [0.29, 0.717) is 31.3 Å². The molecule has 5 aliphatic rings. The summed E-state index contributed by atoms with van der Waals surface area (Å²) in [6, 6.07) is 0. The van der Waals surface area contributed by atoms with Crippen molar-refractivity contribution in [2.75, 3.05) is 26.8 Å². The Morgan fingerprint density at radius 2 is 2.06 bits per heavy atom. The number of nitrogens with zero attached hydrogens (tertiary/aromatic N) is 1. The number of aldehydes is 1. The van der Waals surface area contributed by atoms with Crippen LogP contribution < -0.4 is 0 Å². The maximum atomic E-state index is 13.4. The van der Waals surface area contributed by atoms with E-state index in [0.717, 1.165) is 31.1 Å². The number of rotatable bonds is 7. The molecule has 184 valence electrons. The van der Waals surface area contributed by atoms with Crippen molar-refractivity contribution >= 4 is 12.3 Å². The van der Waals surface area contributed by atoms with Gasteiger partial charge < -0.3 is 24.2 Å². The topological polar surface area (TPSA) is 85.3 Å². The summed E-state index contributed by atoms with van der Waals surface area (Å²) < 4.78 is 12.5. The molecule has 1 heterocycles. The van der Waals surface area contributed by atoms with Crippen LogP contribution in [0.15, 0.2) is 11.6 Å². The van der Waals surface area contributed by atoms with Crippen LogP contribution in [0.25, 0.3) is 0 Å². The van der Waals surface area contributed by atoms with Gasteiger partial charge in [-0.2, -0.15) is 5.06 Å². The lowest BCUT2D eigenvalue weighted by Crippen LogP contribution is -2.64. The van der Waals surface area contributed by atoms with E-state index < -0.39 is 28.5 Å². The third kappa shape index (κ3) is 2.82. The highest BCUT2D eigenvalue weighted by atomic mass is 16.7. The maximum Gasteiger partial charge on any atom is 0.315 e. The monoisotopic (exact) mass is 461 g/mol. The largest absolute Gasteiger partial charge is 0.481 e. The van der Waals surface area contributed by atoms with Crippen LogP contribution in [-0.2, 0) is 23.9 Å². The molecule has 1 N–H and O–H groups in total. The number of fused-ring (bicyclic) bond motifs is 2. The minimum Gasteiger partial charge on any atom is -0.481 e. The van der Waals surface area contributed by atoms with E-state index >= 15 is 0 Å². The second-order valence-corrected chi connectivity index (χ2v) is 11.7. The van der Waals surface area contributed by atoms with E-state index in [2.05, 4.69) is 26.8 Å². The molecule has 0 aromatic heterocycles.